The summed E-state index contributed by atoms with van der Waals surface area (Å²) in [4.78, 5) is 0. The SMILES string of the molecule is CC1CCOC2(COC2)C1. The molecule has 0 saturated carbocycles. The predicted molar refractivity (Wildman–Crippen MR) is 37.9 cm³/mol. The molecule has 0 aromatic rings. The van der Waals surface area contributed by atoms with Crippen LogP contribution in [0.1, 0.15) is 19.8 Å². The van der Waals surface area contributed by atoms with Gasteiger partial charge in [0.1, 0.15) is 5.60 Å². The van der Waals surface area contributed by atoms with Crippen molar-refractivity contribution in [2.75, 3.05) is 19.8 Å². The van der Waals surface area contributed by atoms with E-state index in [2.05, 4.69) is 6.92 Å². The highest BCUT2D eigenvalue weighted by atomic mass is 16.6. The lowest BCUT2D eigenvalue weighted by Crippen LogP contribution is -2.55. The smallest absolute Gasteiger partial charge is 0.115 e. The lowest BCUT2D eigenvalue weighted by molar-refractivity contribution is -0.233. The van der Waals surface area contributed by atoms with E-state index in [1.807, 2.05) is 0 Å². The Kier molecular flexibility index (Phi) is 1.46. The van der Waals surface area contributed by atoms with Crippen LogP contribution in [0.25, 0.3) is 0 Å². The quantitative estimate of drug-likeness (QED) is 0.506. The maximum atomic E-state index is 5.65. The fourth-order valence-corrected chi connectivity index (χ4v) is 1.80. The van der Waals surface area contributed by atoms with Crippen molar-refractivity contribution in [1.82, 2.24) is 0 Å². The minimum Gasteiger partial charge on any atom is -0.375 e. The average Bonchev–Trinajstić information content (AvgIpc) is 1.85. The summed E-state index contributed by atoms with van der Waals surface area (Å²) in [6.45, 7) is 4.89. The average molecular weight is 142 g/mol. The second-order valence-electron chi connectivity index (χ2n) is 3.62. The Morgan fingerprint density at radius 2 is 2.20 bits per heavy atom. The Morgan fingerprint density at radius 3 is 2.60 bits per heavy atom. The minimum absolute atomic E-state index is 0.150. The molecule has 0 aliphatic carbocycles. The van der Waals surface area contributed by atoms with Crippen LogP contribution in [-0.4, -0.2) is 25.4 Å². The van der Waals surface area contributed by atoms with E-state index in [4.69, 9.17) is 9.47 Å². The minimum atomic E-state index is 0.150. The van der Waals surface area contributed by atoms with Crippen molar-refractivity contribution in [1.29, 1.82) is 0 Å². The van der Waals surface area contributed by atoms with E-state index >= 15 is 0 Å². The van der Waals surface area contributed by atoms with Gasteiger partial charge in [0.05, 0.1) is 13.2 Å². The van der Waals surface area contributed by atoms with Gasteiger partial charge in [0.2, 0.25) is 0 Å². The standard InChI is InChI=1S/C8H14O2/c1-7-2-3-10-8(4-7)5-9-6-8/h7H,2-6H2,1H3. The molecule has 0 aromatic carbocycles. The lowest BCUT2D eigenvalue weighted by atomic mass is 9.86. The molecule has 2 fully saturated rings. The molecule has 10 heavy (non-hydrogen) atoms. The van der Waals surface area contributed by atoms with Crippen molar-refractivity contribution in [3.05, 3.63) is 0 Å². The maximum Gasteiger partial charge on any atom is 0.115 e. The largest absolute Gasteiger partial charge is 0.375 e. The molecule has 2 saturated heterocycles. The van der Waals surface area contributed by atoms with Gasteiger partial charge in [-0.3, -0.25) is 0 Å². The molecular formula is C8H14O2. The van der Waals surface area contributed by atoms with Gasteiger partial charge < -0.3 is 9.47 Å². The van der Waals surface area contributed by atoms with Crippen LogP contribution in [0.15, 0.2) is 0 Å². The monoisotopic (exact) mass is 142 g/mol. The van der Waals surface area contributed by atoms with Crippen LogP contribution >= 0.6 is 0 Å². The fourth-order valence-electron chi connectivity index (χ4n) is 1.80. The van der Waals surface area contributed by atoms with Crippen molar-refractivity contribution >= 4 is 0 Å². The number of hydrogen-bond acceptors (Lipinski definition) is 2. The first-order chi connectivity index (χ1) is 4.81. The Morgan fingerprint density at radius 1 is 1.40 bits per heavy atom. The molecule has 0 amide bonds. The molecule has 1 atom stereocenters. The molecule has 2 nitrogen and oxygen atoms in total. The van der Waals surface area contributed by atoms with Crippen molar-refractivity contribution in [2.24, 2.45) is 5.92 Å². The summed E-state index contributed by atoms with van der Waals surface area (Å²) in [5, 5.41) is 0. The molecule has 58 valence electrons. The number of ether oxygens (including phenoxy) is 2. The van der Waals surface area contributed by atoms with Gasteiger partial charge in [0, 0.05) is 6.61 Å². The zero-order chi connectivity index (χ0) is 7.03. The van der Waals surface area contributed by atoms with E-state index < -0.39 is 0 Å². The van der Waals surface area contributed by atoms with E-state index in [0.717, 1.165) is 25.7 Å². The first-order valence-corrected chi connectivity index (χ1v) is 4.02. The van der Waals surface area contributed by atoms with Crippen LogP contribution in [-0.2, 0) is 9.47 Å². The summed E-state index contributed by atoms with van der Waals surface area (Å²) in [6, 6.07) is 0. The number of rotatable bonds is 0. The van der Waals surface area contributed by atoms with Crippen LogP contribution < -0.4 is 0 Å². The molecule has 1 unspecified atom stereocenters. The molecule has 0 N–H and O–H groups in total. The van der Waals surface area contributed by atoms with Crippen LogP contribution in [0.4, 0.5) is 0 Å². The summed E-state index contributed by atoms with van der Waals surface area (Å²) in [5.41, 5.74) is 0.150. The third-order valence-corrected chi connectivity index (χ3v) is 2.47. The Labute approximate surface area is 61.5 Å². The van der Waals surface area contributed by atoms with E-state index in [1.165, 1.54) is 12.8 Å². The second-order valence-corrected chi connectivity index (χ2v) is 3.62. The van der Waals surface area contributed by atoms with E-state index in [-0.39, 0.29) is 5.60 Å². The molecule has 2 aliphatic rings. The van der Waals surface area contributed by atoms with Crippen LogP contribution in [0.3, 0.4) is 0 Å². The molecule has 2 heterocycles. The fraction of sp³-hybridized carbons (Fsp3) is 1.00. The van der Waals surface area contributed by atoms with Crippen molar-refractivity contribution in [2.45, 2.75) is 25.4 Å². The van der Waals surface area contributed by atoms with Gasteiger partial charge >= 0.3 is 0 Å². The second kappa shape index (κ2) is 2.21. The van der Waals surface area contributed by atoms with Crippen molar-refractivity contribution in [3.63, 3.8) is 0 Å². The van der Waals surface area contributed by atoms with Gasteiger partial charge in [0.25, 0.3) is 0 Å². The Bertz CT molecular complexity index is 129. The van der Waals surface area contributed by atoms with E-state index in [9.17, 15) is 0 Å². The van der Waals surface area contributed by atoms with Gasteiger partial charge in [-0.05, 0) is 18.8 Å². The zero-order valence-electron chi connectivity index (χ0n) is 6.43. The highest BCUT2D eigenvalue weighted by Gasteiger charge is 2.42. The molecule has 2 rings (SSSR count). The third-order valence-electron chi connectivity index (χ3n) is 2.47. The first kappa shape index (κ1) is 6.62. The Balaban J connectivity index is 1.96. The topological polar surface area (TPSA) is 18.5 Å². The molecule has 0 bridgehead atoms. The summed E-state index contributed by atoms with van der Waals surface area (Å²) in [7, 11) is 0. The zero-order valence-corrected chi connectivity index (χ0v) is 6.43. The van der Waals surface area contributed by atoms with Gasteiger partial charge in [-0.2, -0.15) is 0 Å². The van der Waals surface area contributed by atoms with Crippen molar-refractivity contribution < 1.29 is 9.47 Å². The number of hydrogen-bond donors (Lipinski definition) is 0. The highest BCUT2D eigenvalue weighted by Crippen LogP contribution is 2.34. The molecule has 2 aliphatic heterocycles. The summed E-state index contributed by atoms with van der Waals surface area (Å²) in [6.07, 6.45) is 2.43. The first-order valence-electron chi connectivity index (χ1n) is 4.02. The summed E-state index contributed by atoms with van der Waals surface area (Å²) >= 11 is 0. The van der Waals surface area contributed by atoms with E-state index in [1.54, 1.807) is 0 Å². The predicted octanol–water partition coefficient (Wildman–Crippen LogP) is 1.20. The lowest BCUT2D eigenvalue weighted by Gasteiger charge is -2.45. The molecule has 2 heteroatoms. The van der Waals surface area contributed by atoms with E-state index in [0.29, 0.717) is 0 Å². The molecule has 0 aromatic heterocycles. The van der Waals surface area contributed by atoms with Gasteiger partial charge in [-0.25, -0.2) is 0 Å². The van der Waals surface area contributed by atoms with Gasteiger partial charge in [0.15, 0.2) is 0 Å². The van der Waals surface area contributed by atoms with Crippen LogP contribution in [0, 0.1) is 5.92 Å². The van der Waals surface area contributed by atoms with Gasteiger partial charge in [-0.15, -0.1) is 0 Å². The van der Waals surface area contributed by atoms with Crippen LogP contribution in [0.2, 0.25) is 0 Å². The van der Waals surface area contributed by atoms with Crippen molar-refractivity contribution in [3.8, 4) is 0 Å². The highest BCUT2D eigenvalue weighted by molar-refractivity contribution is 4.91. The molecular weight excluding hydrogens is 128 g/mol. The normalized spacial score (nSPS) is 37.5. The maximum absolute atomic E-state index is 5.65. The summed E-state index contributed by atoms with van der Waals surface area (Å²) < 4.78 is 10.8. The van der Waals surface area contributed by atoms with Crippen LogP contribution in [0.5, 0.6) is 0 Å². The molecule has 1 spiro atoms. The Hall–Kier alpha value is -0.0800. The van der Waals surface area contributed by atoms with Gasteiger partial charge in [-0.1, -0.05) is 6.92 Å². The summed E-state index contributed by atoms with van der Waals surface area (Å²) in [5.74, 6) is 0.831. The third kappa shape index (κ3) is 0.956. The molecule has 0 radical (unpaired) electrons.